The highest BCUT2D eigenvalue weighted by molar-refractivity contribution is 6.20. The van der Waals surface area contributed by atoms with Crippen LogP contribution in [0.2, 0.25) is 0 Å². The summed E-state index contributed by atoms with van der Waals surface area (Å²) in [6.45, 7) is 4.30. The Kier molecular flexibility index (Phi) is 7.27. The summed E-state index contributed by atoms with van der Waals surface area (Å²) in [6, 6.07) is 4.19. The van der Waals surface area contributed by atoms with Gasteiger partial charge >= 0.3 is 0 Å². The van der Waals surface area contributed by atoms with Gasteiger partial charge in [0, 0.05) is 23.7 Å². The Bertz CT molecular complexity index is 294. The molecule has 1 aromatic heterocycles. The van der Waals surface area contributed by atoms with Crippen LogP contribution in [0.5, 0.6) is 0 Å². The topological polar surface area (TPSA) is 12.9 Å². The summed E-state index contributed by atoms with van der Waals surface area (Å²) in [4.78, 5) is 4.39. The number of hydrogen-bond acceptors (Lipinski definition) is 1. The van der Waals surface area contributed by atoms with Gasteiger partial charge in [0.1, 0.15) is 0 Å². The molecule has 96 valence electrons. The highest BCUT2D eigenvalue weighted by Crippen LogP contribution is 2.15. The Morgan fingerprint density at radius 2 is 1.94 bits per heavy atom. The number of nitrogens with zero attached hydrogens (tertiary/aromatic N) is 1. The normalized spacial score (nSPS) is 12.6. The van der Waals surface area contributed by atoms with Crippen molar-refractivity contribution in [2.24, 2.45) is 0 Å². The van der Waals surface area contributed by atoms with Gasteiger partial charge in [0.2, 0.25) is 0 Å². The molecule has 1 heterocycles. The molecule has 0 aliphatic rings. The second-order valence-corrected chi connectivity index (χ2v) is 5.45. The number of aryl methyl sites for hydroxylation is 1. The van der Waals surface area contributed by atoms with Crippen LogP contribution in [0.15, 0.2) is 18.3 Å². The molecule has 2 heteroatoms. The van der Waals surface area contributed by atoms with Crippen LogP contribution in [0.25, 0.3) is 0 Å². The molecular formula is C15H24ClN. The zero-order chi connectivity index (χ0) is 12.5. The predicted octanol–water partition coefficient (Wildman–Crippen LogP) is 4.90. The average Bonchev–Trinajstić information content (AvgIpc) is 2.32. The molecule has 1 nitrogen and oxygen atoms in total. The lowest BCUT2D eigenvalue weighted by molar-refractivity contribution is 0.591. The van der Waals surface area contributed by atoms with E-state index in [1.54, 1.807) is 0 Å². The summed E-state index contributed by atoms with van der Waals surface area (Å²) in [6.07, 6.45) is 10.5. The van der Waals surface area contributed by atoms with E-state index in [9.17, 15) is 0 Å². The first kappa shape index (κ1) is 14.5. The molecule has 1 unspecified atom stereocenters. The van der Waals surface area contributed by atoms with E-state index in [0.29, 0.717) is 0 Å². The zero-order valence-corrected chi connectivity index (χ0v) is 11.8. The van der Waals surface area contributed by atoms with Gasteiger partial charge in [-0.3, -0.25) is 4.98 Å². The van der Waals surface area contributed by atoms with Crippen molar-refractivity contribution < 1.29 is 0 Å². The highest BCUT2D eigenvalue weighted by Gasteiger charge is 2.06. The molecule has 0 N–H and O–H groups in total. The number of halogens is 1. The third-order valence-electron chi connectivity index (χ3n) is 3.02. The second kappa shape index (κ2) is 8.52. The summed E-state index contributed by atoms with van der Waals surface area (Å²) in [7, 11) is 0. The minimum absolute atomic E-state index is 0.242. The Morgan fingerprint density at radius 1 is 1.18 bits per heavy atom. The van der Waals surface area contributed by atoms with Gasteiger partial charge < -0.3 is 0 Å². The number of hydrogen-bond donors (Lipinski definition) is 0. The smallest absolute Gasteiger partial charge is 0.0418 e. The first-order chi connectivity index (χ1) is 8.22. The van der Waals surface area contributed by atoms with Crippen molar-refractivity contribution in [1.82, 2.24) is 4.98 Å². The van der Waals surface area contributed by atoms with Crippen molar-refractivity contribution in [3.05, 3.63) is 29.6 Å². The lowest BCUT2D eigenvalue weighted by Gasteiger charge is -2.08. The van der Waals surface area contributed by atoms with E-state index in [-0.39, 0.29) is 5.38 Å². The van der Waals surface area contributed by atoms with E-state index in [0.717, 1.165) is 18.5 Å². The van der Waals surface area contributed by atoms with E-state index in [1.165, 1.54) is 37.7 Å². The molecule has 0 aliphatic carbocycles. The molecule has 0 aliphatic heterocycles. The van der Waals surface area contributed by atoms with Crippen molar-refractivity contribution in [2.45, 2.75) is 64.2 Å². The first-order valence-electron chi connectivity index (χ1n) is 6.78. The van der Waals surface area contributed by atoms with E-state index in [1.807, 2.05) is 6.20 Å². The quantitative estimate of drug-likeness (QED) is 0.474. The Morgan fingerprint density at radius 3 is 2.59 bits per heavy atom. The maximum absolute atomic E-state index is 6.33. The standard InChI is InChI=1S/C15H24ClN/c1-3-4-5-6-7-8-14(16)11-15-10-9-13(2)12-17-15/h9-10,12,14H,3-8,11H2,1-2H3. The van der Waals surface area contributed by atoms with Crippen molar-refractivity contribution in [3.63, 3.8) is 0 Å². The molecular weight excluding hydrogens is 230 g/mol. The monoisotopic (exact) mass is 253 g/mol. The number of unbranched alkanes of at least 4 members (excludes halogenated alkanes) is 4. The van der Waals surface area contributed by atoms with Crippen molar-refractivity contribution in [1.29, 1.82) is 0 Å². The van der Waals surface area contributed by atoms with Crippen LogP contribution in [0.4, 0.5) is 0 Å². The minimum Gasteiger partial charge on any atom is -0.261 e. The molecule has 0 bridgehead atoms. The molecule has 0 radical (unpaired) electrons. The van der Waals surface area contributed by atoms with Crippen LogP contribution in [0.3, 0.4) is 0 Å². The number of aromatic nitrogens is 1. The van der Waals surface area contributed by atoms with E-state index in [4.69, 9.17) is 11.6 Å². The van der Waals surface area contributed by atoms with Crippen molar-refractivity contribution in [3.8, 4) is 0 Å². The fourth-order valence-electron chi connectivity index (χ4n) is 1.92. The van der Waals surface area contributed by atoms with Crippen LogP contribution in [0.1, 0.15) is 56.7 Å². The fourth-order valence-corrected chi connectivity index (χ4v) is 2.23. The molecule has 0 saturated carbocycles. The van der Waals surface area contributed by atoms with Crippen LogP contribution >= 0.6 is 11.6 Å². The van der Waals surface area contributed by atoms with Gasteiger partial charge in [-0.15, -0.1) is 11.6 Å². The molecule has 17 heavy (non-hydrogen) atoms. The number of rotatable bonds is 8. The molecule has 1 rings (SSSR count). The van der Waals surface area contributed by atoms with Gasteiger partial charge in [0.05, 0.1) is 0 Å². The van der Waals surface area contributed by atoms with Gasteiger partial charge in [0.25, 0.3) is 0 Å². The van der Waals surface area contributed by atoms with E-state index >= 15 is 0 Å². The Hall–Kier alpha value is -0.560. The van der Waals surface area contributed by atoms with Crippen LogP contribution in [0, 0.1) is 6.92 Å². The molecule has 0 aromatic carbocycles. The maximum Gasteiger partial charge on any atom is 0.0418 e. The Balaban J connectivity index is 2.16. The van der Waals surface area contributed by atoms with Crippen molar-refractivity contribution in [2.75, 3.05) is 0 Å². The lowest BCUT2D eigenvalue weighted by atomic mass is 10.1. The second-order valence-electron chi connectivity index (χ2n) is 4.83. The molecule has 1 aromatic rings. The highest BCUT2D eigenvalue weighted by atomic mass is 35.5. The summed E-state index contributed by atoms with van der Waals surface area (Å²) in [5, 5.41) is 0.242. The summed E-state index contributed by atoms with van der Waals surface area (Å²) in [5.74, 6) is 0. The van der Waals surface area contributed by atoms with Crippen molar-refractivity contribution >= 4 is 11.6 Å². The SMILES string of the molecule is CCCCCCCC(Cl)Cc1ccc(C)cn1. The summed E-state index contributed by atoms with van der Waals surface area (Å²) >= 11 is 6.33. The molecule has 0 amide bonds. The minimum atomic E-state index is 0.242. The molecule has 0 saturated heterocycles. The van der Waals surface area contributed by atoms with Gasteiger partial charge in [-0.2, -0.15) is 0 Å². The number of pyridine rings is 1. The molecule has 0 spiro atoms. The predicted molar refractivity (Wildman–Crippen MR) is 75.7 cm³/mol. The van der Waals surface area contributed by atoms with Gasteiger partial charge in [-0.05, 0) is 25.0 Å². The third kappa shape index (κ3) is 6.68. The number of alkyl halides is 1. The first-order valence-corrected chi connectivity index (χ1v) is 7.21. The molecule has 0 fully saturated rings. The van der Waals surface area contributed by atoms with Gasteiger partial charge in [-0.1, -0.05) is 45.1 Å². The van der Waals surface area contributed by atoms with E-state index in [2.05, 4.69) is 31.0 Å². The maximum atomic E-state index is 6.33. The van der Waals surface area contributed by atoms with E-state index < -0.39 is 0 Å². The molecule has 1 atom stereocenters. The van der Waals surface area contributed by atoms with Crippen LogP contribution in [-0.4, -0.2) is 10.4 Å². The van der Waals surface area contributed by atoms with Crippen LogP contribution in [-0.2, 0) is 6.42 Å². The van der Waals surface area contributed by atoms with Gasteiger partial charge in [-0.25, -0.2) is 0 Å². The average molecular weight is 254 g/mol. The largest absolute Gasteiger partial charge is 0.261 e. The Labute approximate surface area is 111 Å². The third-order valence-corrected chi connectivity index (χ3v) is 3.40. The summed E-state index contributed by atoms with van der Waals surface area (Å²) < 4.78 is 0. The fraction of sp³-hybridized carbons (Fsp3) is 0.667. The summed E-state index contributed by atoms with van der Waals surface area (Å²) in [5.41, 5.74) is 2.32. The zero-order valence-electron chi connectivity index (χ0n) is 11.1. The van der Waals surface area contributed by atoms with Crippen LogP contribution < -0.4 is 0 Å². The van der Waals surface area contributed by atoms with Gasteiger partial charge in [0.15, 0.2) is 0 Å². The lowest BCUT2D eigenvalue weighted by Crippen LogP contribution is -2.05.